The molecule has 29 heavy (non-hydrogen) atoms. The minimum Gasteiger partial charge on any atom is -0.380 e. The van der Waals surface area contributed by atoms with Crippen molar-refractivity contribution in [3.8, 4) is 22.3 Å². The second kappa shape index (κ2) is 10.4. The van der Waals surface area contributed by atoms with E-state index in [9.17, 15) is 4.39 Å². The van der Waals surface area contributed by atoms with Crippen LogP contribution >= 0.6 is 18.5 Å². The van der Waals surface area contributed by atoms with Crippen LogP contribution in [0.15, 0.2) is 54.6 Å². The number of benzene rings is 3. The summed E-state index contributed by atoms with van der Waals surface area (Å²) in [5, 5.41) is 0. The van der Waals surface area contributed by atoms with E-state index in [1.807, 2.05) is 12.1 Å². The summed E-state index contributed by atoms with van der Waals surface area (Å²) in [6, 6.07) is 18.2. The third-order valence-corrected chi connectivity index (χ3v) is 5.90. The lowest BCUT2D eigenvalue weighted by Gasteiger charge is -2.18. The van der Waals surface area contributed by atoms with Crippen molar-refractivity contribution in [3.05, 3.63) is 82.7 Å². The van der Waals surface area contributed by atoms with Gasteiger partial charge in [-0.15, -0.1) is 18.5 Å². The Hall–Kier alpha value is -1.63. The van der Waals surface area contributed by atoms with Crippen molar-refractivity contribution in [2.45, 2.75) is 25.5 Å². The standard InChI is InChI=1S/C24H27FO2P2/c1-26-12-21-9-20(17-5-3-16(14-28)4-6-17)10-22(13-27-2)24(21)18-7-8-19(15-29)23(25)11-18/h3-11H,12-15,28-29H2,1-2H3. The van der Waals surface area contributed by atoms with Crippen LogP contribution in [-0.2, 0) is 35.0 Å². The predicted octanol–water partition coefficient (Wildman–Crippen LogP) is 6.20. The second-order valence-electron chi connectivity index (χ2n) is 6.95. The molecule has 3 aromatic rings. The highest BCUT2D eigenvalue weighted by molar-refractivity contribution is 7.15. The molecule has 2 atom stereocenters. The van der Waals surface area contributed by atoms with E-state index >= 15 is 0 Å². The maximum absolute atomic E-state index is 14.5. The minimum absolute atomic E-state index is 0.193. The van der Waals surface area contributed by atoms with E-state index in [1.165, 1.54) is 5.56 Å². The normalized spacial score (nSPS) is 11.1. The van der Waals surface area contributed by atoms with E-state index in [0.717, 1.165) is 39.5 Å². The maximum Gasteiger partial charge on any atom is 0.127 e. The van der Waals surface area contributed by atoms with Gasteiger partial charge in [0.1, 0.15) is 5.82 Å². The van der Waals surface area contributed by atoms with Gasteiger partial charge in [-0.1, -0.05) is 36.4 Å². The molecule has 0 aliphatic rings. The smallest absolute Gasteiger partial charge is 0.127 e. The van der Waals surface area contributed by atoms with Crippen LogP contribution in [0, 0.1) is 5.82 Å². The van der Waals surface area contributed by atoms with Gasteiger partial charge in [-0.2, -0.15) is 0 Å². The minimum atomic E-state index is -0.193. The molecule has 0 saturated carbocycles. The molecule has 0 aliphatic carbocycles. The van der Waals surface area contributed by atoms with Gasteiger partial charge in [0.15, 0.2) is 0 Å². The Morgan fingerprint density at radius 2 is 1.28 bits per heavy atom. The number of hydrogen-bond acceptors (Lipinski definition) is 2. The van der Waals surface area contributed by atoms with Crippen LogP contribution in [0.2, 0.25) is 0 Å². The molecule has 0 radical (unpaired) electrons. The zero-order valence-electron chi connectivity index (χ0n) is 16.9. The molecule has 0 saturated heterocycles. The highest BCUT2D eigenvalue weighted by Crippen LogP contribution is 2.35. The zero-order chi connectivity index (χ0) is 20.8. The Morgan fingerprint density at radius 1 is 0.690 bits per heavy atom. The van der Waals surface area contributed by atoms with Gasteiger partial charge in [0.2, 0.25) is 0 Å². The Bertz CT molecular complexity index is 944. The van der Waals surface area contributed by atoms with Gasteiger partial charge in [0, 0.05) is 14.2 Å². The van der Waals surface area contributed by atoms with E-state index in [0.29, 0.717) is 24.9 Å². The molecule has 2 unspecified atom stereocenters. The molecule has 2 nitrogen and oxygen atoms in total. The molecular weight excluding hydrogens is 401 g/mol. The molecule has 0 heterocycles. The van der Waals surface area contributed by atoms with Crippen molar-refractivity contribution < 1.29 is 13.9 Å². The summed E-state index contributed by atoms with van der Waals surface area (Å²) in [6.07, 6.45) is 1.52. The molecule has 0 amide bonds. The summed E-state index contributed by atoms with van der Waals surface area (Å²) >= 11 is 0. The summed E-state index contributed by atoms with van der Waals surface area (Å²) in [7, 11) is 8.67. The highest BCUT2D eigenvalue weighted by Gasteiger charge is 2.16. The molecule has 0 N–H and O–H groups in total. The quantitative estimate of drug-likeness (QED) is 0.398. The molecule has 0 aromatic heterocycles. The van der Waals surface area contributed by atoms with E-state index in [-0.39, 0.29) is 5.82 Å². The van der Waals surface area contributed by atoms with Gasteiger partial charge >= 0.3 is 0 Å². The van der Waals surface area contributed by atoms with E-state index < -0.39 is 0 Å². The van der Waals surface area contributed by atoms with Crippen LogP contribution in [0.3, 0.4) is 0 Å². The lowest BCUT2D eigenvalue weighted by atomic mass is 9.90. The summed E-state index contributed by atoms with van der Waals surface area (Å²) in [6.45, 7) is 0.882. The fraction of sp³-hybridized carbons (Fsp3) is 0.250. The van der Waals surface area contributed by atoms with Crippen molar-refractivity contribution in [1.29, 1.82) is 0 Å². The van der Waals surface area contributed by atoms with Crippen molar-refractivity contribution in [2.75, 3.05) is 14.2 Å². The number of hydrogen-bond donors (Lipinski definition) is 0. The average Bonchev–Trinajstić information content (AvgIpc) is 2.74. The number of rotatable bonds is 8. The summed E-state index contributed by atoms with van der Waals surface area (Å²) in [5.74, 6) is -0.193. The largest absolute Gasteiger partial charge is 0.380 e. The molecule has 3 rings (SSSR count). The molecule has 0 spiro atoms. The molecule has 0 aliphatic heterocycles. The van der Waals surface area contributed by atoms with Gasteiger partial charge in [0.05, 0.1) is 13.2 Å². The third kappa shape index (κ3) is 5.11. The fourth-order valence-corrected chi connectivity index (χ4v) is 4.15. The van der Waals surface area contributed by atoms with Gasteiger partial charge in [-0.3, -0.25) is 0 Å². The van der Waals surface area contributed by atoms with Gasteiger partial charge in [-0.05, 0) is 75.0 Å². The zero-order valence-corrected chi connectivity index (χ0v) is 19.2. The molecular formula is C24H27FO2P2. The van der Waals surface area contributed by atoms with Crippen molar-refractivity contribution in [3.63, 3.8) is 0 Å². The molecule has 3 aromatic carbocycles. The SMILES string of the molecule is COCc1cc(-c2ccc(CP)cc2)cc(COC)c1-c1ccc(CP)c(F)c1. The molecule has 152 valence electrons. The van der Waals surface area contributed by atoms with Crippen LogP contribution in [0.25, 0.3) is 22.3 Å². The lowest BCUT2D eigenvalue weighted by molar-refractivity contribution is 0.181. The first kappa shape index (κ1) is 22.1. The van der Waals surface area contributed by atoms with Crippen LogP contribution in [-0.4, -0.2) is 14.2 Å². The Balaban J connectivity index is 2.17. The predicted molar refractivity (Wildman–Crippen MR) is 126 cm³/mol. The maximum atomic E-state index is 14.5. The van der Waals surface area contributed by atoms with Crippen LogP contribution in [0.5, 0.6) is 0 Å². The van der Waals surface area contributed by atoms with Crippen LogP contribution in [0.4, 0.5) is 4.39 Å². The lowest BCUT2D eigenvalue weighted by Crippen LogP contribution is -2.01. The number of methoxy groups -OCH3 is 2. The Labute approximate surface area is 177 Å². The van der Waals surface area contributed by atoms with Crippen LogP contribution in [0.1, 0.15) is 22.3 Å². The molecule has 0 fully saturated rings. The van der Waals surface area contributed by atoms with E-state index in [4.69, 9.17) is 9.47 Å². The van der Waals surface area contributed by atoms with Crippen molar-refractivity contribution >= 4 is 18.5 Å². The van der Waals surface area contributed by atoms with E-state index in [2.05, 4.69) is 54.9 Å². The summed E-state index contributed by atoms with van der Waals surface area (Å²) in [5.41, 5.74) is 8.06. The van der Waals surface area contributed by atoms with Gasteiger partial charge in [0.25, 0.3) is 0 Å². The Kier molecular flexibility index (Phi) is 7.92. The van der Waals surface area contributed by atoms with Gasteiger partial charge in [-0.25, -0.2) is 4.39 Å². The van der Waals surface area contributed by atoms with Crippen LogP contribution < -0.4 is 0 Å². The fourth-order valence-electron chi connectivity index (χ4n) is 3.55. The first-order valence-corrected chi connectivity index (χ1v) is 11.2. The summed E-state index contributed by atoms with van der Waals surface area (Å²) < 4.78 is 25.5. The van der Waals surface area contributed by atoms with Gasteiger partial charge < -0.3 is 9.47 Å². The molecule has 5 heteroatoms. The van der Waals surface area contributed by atoms with E-state index in [1.54, 1.807) is 20.3 Å². The first-order valence-electron chi connectivity index (χ1n) is 9.53. The highest BCUT2D eigenvalue weighted by atomic mass is 31.0. The Morgan fingerprint density at radius 3 is 1.76 bits per heavy atom. The monoisotopic (exact) mass is 428 g/mol. The second-order valence-corrected chi connectivity index (χ2v) is 7.76. The van der Waals surface area contributed by atoms with Crippen molar-refractivity contribution in [1.82, 2.24) is 0 Å². The van der Waals surface area contributed by atoms with Crippen molar-refractivity contribution in [2.24, 2.45) is 0 Å². The average molecular weight is 428 g/mol. The molecule has 0 bridgehead atoms. The number of halogens is 1. The third-order valence-electron chi connectivity index (χ3n) is 4.99. The number of ether oxygens (including phenoxy) is 2. The first-order chi connectivity index (χ1) is 14.1. The topological polar surface area (TPSA) is 18.5 Å². The summed E-state index contributed by atoms with van der Waals surface area (Å²) in [4.78, 5) is 0.